The fraction of sp³-hybridized carbons (Fsp3) is 0.333. The third-order valence-corrected chi connectivity index (χ3v) is 4.49. The highest BCUT2D eigenvalue weighted by Gasteiger charge is 2.14. The van der Waals surface area contributed by atoms with Crippen LogP contribution in [-0.4, -0.2) is 23.8 Å². The van der Waals surface area contributed by atoms with Gasteiger partial charge < -0.3 is 5.32 Å². The number of aromatic nitrogens is 2. The molecule has 1 heterocycles. The fourth-order valence-corrected chi connectivity index (χ4v) is 3.72. The molecule has 0 bridgehead atoms. The predicted molar refractivity (Wildman–Crippen MR) is 73.6 cm³/mol. The Bertz CT molecular complexity index is 456. The van der Waals surface area contributed by atoms with E-state index in [0.29, 0.717) is 5.25 Å². The van der Waals surface area contributed by atoms with Crippen LogP contribution < -0.4 is 5.32 Å². The summed E-state index contributed by atoms with van der Waals surface area (Å²) in [6, 6.07) is 10.5. The predicted octanol–water partition coefficient (Wildman–Crippen LogP) is 2.90. The van der Waals surface area contributed by atoms with Crippen LogP contribution in [0.25, 0.3) is 0 Å². The lowest BCUT2D eigenvalue weighted by Crippen LogP contribution is -2.14. The Balaban J connectivity index is 2.13. The zero-order valence-corrected chi connectivity index (χ0v) is 11.5. The molecule has 0 radical (unpaired) electrons. The average Bonchev–Trinajstić information content (AvgIpc) is 2.75. The van der Waals surface area contributed by atoms with Gasteiger partial charge in [-0.1, -0.05) is 53.4 Å². The minimum atomic E-state index is 0.383. The second-order valence-electron chi connectivity index (χ2n) is 3.66. The number of hydrogen-bond donors (Lipinski definition) is 1. The molecule has 0 aliphatic heterocycles. The molecule has 0 saturated heterocycles. The molecule has 2 aromatic rings. The number of likely N-dealkylation sites (N-methyl/N-ethyl adjacent to an activating group) is 1. The summed E-state index contributed by atoms with van der Waals surface area (Å²) in [5.41, 5.74) is 1.32. The van der Waals surface area contributed by atoms with E-state index in [1.54, 1.807) is 23.1 Å². The van der Waals surface area contributed by atoms with E-state index in [2.05, 4.69) is 39.8 Å². The summed E-state index contributed by atoms with van der Waals surface area (Å²) in [5.74, 6) is 0. The van der Waals surface area contributed by atoms with E-state index in [-0.39, 0.29) is 0 Å². The first kappa shape index (κ1) is 12.5. The van der Waals surface area contributed by atoms with E-state index in [9.17, 15) is 0 Å². The number of aryl methyl sites for hydroxylation is 1. The number of rotatable bonds is 5. The monoisotopic (exact) mass is 265 g/mol. The molecule has 17 heavy (non-hydrogen) atoms. The maximum Gasteiger partial charge on any atom is 0.174 e. The van der Waals surface area contributed by atoms with E-state index >= 15 is 0 Å². The van der Waals surface area contributed by atoms with Crippen LogP contribution in [0.15, 0.2) is 34.7 Å². The van der Waals surface area contributed by atoms with Crippen molar-refractivity contribution >= 4 is 23.1 Å². The Morgan fingerprint density at radius 1 is 1.29 bits per heavy atom. The Morgan fingerprint density at radius 2 is 2.06 bits per heavy atom. The molecule has 0 aliphatic carbocycles. The van der Waals surface area contributed by atoms with Gasteiger partial charge in [-0.3, -0.25) is 0 Å². The van der Waals surface area contributed by atoms with E-state index in [1.165, 1.54) is 5.56 Å². The smallest absolute Gasteiger partial charge is 0.174 e. The molecule has 1 aromatic carbocycles. The number of hydrogen-bond acceptors (Lipinski definition) is 5. The molecule has 1 aromatic heterocycles. The summed E-state index contributed by atoms with van der Waals surface area (Å²) in [5, 5.41) is 12.8. The molecule has 3 nitrogen and oxygen atoms in total. The summed E-state index contributed by atoms with van der Waals surface area (Å²) < 4.78 is 1.03. The SMILES string of the molecule is CNCC(Sc1nnc(C)s1)c1ccccc1. The first-order valence-corrected chi connectivity index (χ1v) is 7.15. The lowest BCUT2D eigenvalue weighted by atomic mass is 10.1. The van der Waals surface area contributed by atoms with Crippen LogP contribution in [0.3, 0.4) is 0 Å². The first-order chi connectivity index (χ1) is 8.29. The average molecular weight is 265 g/mol. The third-order valence-electron chi connectivity index (χ3n) is 2.31. The van der Waals surface area contributed by atoms with Crippen molar-refractivity contribution in [2.24, 2.45) is 0 Å². The Hall–Kier alpha value is -0.910. The molecule has 1 unspecified atom stereocenters. The first-order valence-electron chi connectivity index (χ1n) is 5.46. The number of nitrogens with zero attached hydrogens (tertiary/aromatic N) is 2. The van der Waals surface area contributed by atoms with Crippen molar-refractivity contribution in [3.63, 3.8) is 0 Å². The quantitative estimate of drug-likeness (QED) is 0.844. The Morgan fingerprint density at radius 3 is 2.65 bits per heavy atom. The van der Waals surface area contributed by atoms with Gasteiger partial charge in [0.2, 0.25) is 0 Å². The molecule has 0 fully saturated rings. The summed E-state index contributed by atoms with van der Waals surface area (Å²) in [4.78, 5) is 0. The number of benzene rings is 1. The minimum Gasteiger partial charge on any atom is -0.318 e. The van der Waals surface area contributed by atoms with E-state index in [1.807, 2.05) is 20.0 Å². The minimum absolute atomic E-state index is 0.383. The molecule has 0 spiro atoms. The summed E-state index contributed by atoms with van der Waals surface area (Å²) in [6.45, 7) is 2.91. The van der Waals surface area contributed by atoms with Crippen LogP contribution in [-0.2, 0) is 0 Å². The van der Waals surface area contributed by atoms with Gasteiger partial charge in [0.1, 0.15) is 5.01 Å². The van der Waals surface area contributed by atoms with Crippen LogP contribution >= 0.6 is 23.1 Å². The number of nitrogens with one attached hydrogen (secondary N) is 1. The molecule has 1 atom stereocenters. The Labute approximate surface area is 110 Å². The van der Waals surface area contributed by atoms with Crippen molar-refractivity contribution in [3.05, 3.63) is 40.9 Å². The van der Waals surface area contributed by atoms with Gasteiger partial charge in [0.05, 0.1) is 0 Å². The summed E-state index contributed by atoms with van der Waals surface area (Å²) in [7, 11) is 1.97. The zero-order chi connectivity index (χ0) is 12.1. The van der Waals surface area contributed by atoms with Crippen LogP contribution in [0.5, 0.6) is 0 Å². The van der Waals surface area contributed by atoms with Gasteiger partial charge in [-0.2, -0.15) is 0 Å². The highest BCUT2D eigenvalue weighted by molar-refractivity contribution is 8.01. The highest BCUT2D eigenvalue weighted by atomic mass is 32.2. The Kier molecular flexibility index (Phi) is 4.53. The fourth-order valence-electron chi connectivity index (χ4n) is 1.53. The molecule has 0 saturated carbocycles. The maximum absolute atomic E-state index is 4.17. The molecule has 0 aliphatic rings. The van der Waals surface area contributed by atoms with Crippen molar-refractivity contribution < 1.29 is 0 Å². The third kappa shape index (κ3) is 3.52. The normalized spacial score (nSPS) is 12.6. The molecule has 2 rings (SSSR count). The van der Waals surface area contributed by atoms with Crippen molar-refractivity contribution in [3.8, 4) is 0 Å². The van der Waals surface area contributed by atoms with Crippen LogP contribution in [0.4, 0.5) is 0 Å². The molecule has 1 N–H and O–H groups in total. The van der Waals surface area contributed by atoms with Crippen molar-refractivity contribution in [2.75, 3.05) is 13.6 Å². The molecule has 5 heteroatoms. The molecule has 90 valence electrons. The second kappa shape index (κ2) is 6.14. The van der Waals surface area contributed by atoms with Crippen LogP contribution in [0.2, 0.25) is 0 Å². The second-order valence-corrected chi connectivity index (χ2v) is 6.29. The van der Waals surface area contributed by atoms with Gasteiger partial charge in [-0.05, 0) is 19.5 Å². The molecular weight excluding hydrogens is 250 g/mol. The van der Waals surface area contributed by atoms with E-state index in [4.69, 9.17) is 0 Å². The van der Waals surface area contributed by atoms with Crippen molar-refractivity contribution in [1.29, 1.82) is 0 Å². The summed E-state index contributed by atoms with van der Waals surface area (Å²) in [6.07, 6.45) is 0. The van der Waals surface area contributed by atoms with Gasteiger partial charge in [0, 0.05) is 11.8 Å². The lowest BCUT2D eigenvalue weighted by Gasteiger charge is -2.14. The highest BCUT2D eigenvalue weighted by Crippen LogP contribution is 2.35. The van der Waals surface area contributed by atoms with Gasteiger partial charge in [0.15, 0.2) is 4.34 Å². The largest absolute Gasteiger partial charge is 0.318 e. The number of thioether (sulfide) groups is 1. The summed E-state index contributed by atoms with van der Waals surface area (Å²) >= 11 is 3.42. The molecule has 0 amide bonds. The van der Waals surface area contributed by atoms with Crippen molar-refractivity contribution in [1.82, 2.24) is 15.5 Å². The van der Waals surface area contributed by atoms with Gasteiger partial charge in [0.25, 0.3) is 0 Å². The van der Waals surface area contributed by atoms with Crippen molar-refractivity contribution in [2.45, 2.75) is 16.5 Å². The van der Waals surface area contributed by atoms with Crippen LogP contribution in [0, 0.1) is 6.92 Å². The van der Waals surface area contributed by atoms with Gasteiger partial charge in [-0.25, -0.2) is 0 Å². The van der Waals surface area contributed by atoms with E-state index < -0.39 is 0 Å². The van der Waals surface area contributed by atoms with Gasteiger partial charge >= 0.3 is 0 Å². The lowest BCUT2D eigenvalue weighted by molar-refractivity contribution is 0.776. The topological polar surface area (TPSA) is 37.8 Å². The zero-order valence-electron chi connectivity index (χ0n) is 9.88. The maximum atomic E-state index is 4.17. The van der Waals surface area contributed by atoms with Gasteiger partial charge in [-0.15, -0.1) is 10.2 Å². The van der Waals surface area contributed by atoms with Crippen LogP contribution in [0.1, 0.15) is 15.8 Å². The molecular formula is C12H15N3S2. The van der Waals surface area contributed by atoms with E-state index in [0.717, 1.165) is 15.9 Å². The standard InChI is InChI=1S/C12H15N3S2/c1-9-14-15-12(16-9)17-11(8-13-2)10-6-4-3-5-7-10/h3-7,11,13H,8H2,1-2H3.